The van der Waals surface area contributed by atoms with Gasteiger partial charge < -0.3 is 20.5 Å². The van der Waals surface area contributed by atoms with Crippen molar-refractivity contribution in [3.8, 4) is 11.5 Å². The summed E-state index contributed by atoms with van der Waals surface area (Å²) in [5, 5.41) is 2.77. The third kappa shape index (κ3) is 3.55. The van der Waals surface area contributed by atoms with Crippen LogP contribution in [-0.2, 0) is 4.79 Å². The van der Waals surface area contributed by atoms with E-state index in [1.165, 1.54) is 0 Å². The van der Waals surface area contributed by atoms with Crippen molar-refractivity contribution in [2.75, 3.05) is 24.3 Å². The molecule has 0 aliphatic rings. The lowest BCUT2D eigenvalue weighted by molar-refractivity contribution is -0.115. The predicted octanol–water partition coefficient (Wildman–Crippen LogP) is 2.41. The van der Waals surface area contributed by atoms with Crippen molar-refractivity contribution >= 4 is 17.3 Å². The molecule has 1 amide bonds. The quantitative estimate of drug-likeness (QED) is 0.762. The topological polar surface area (TPSA) is 73.6 Å². The van der Waals surface area contributed by atoms with Crippen molar-refractivity contribution in [3.63, 3.8) is 0 Å². The van der Waals surface area contributed by atoms with Gasteiger partial charge in [-0.25, -0.2) is 0 Å². The zero-order valence-electron chi connectivity index (χ0n) is 11.1. The maximum Gasteiger partial charge on any atom is 0.224 e. The normalized spacial score (nSPS) is 9.94. The molecule has 18 heavy (non-hydrogen) atoms. The van der Waals surface area contributed by atoms with Gasteiger partial charge >= 0.3 is 0 Å². The van der Waals surface area contributed by atoms with Crippen LogP contribution in [0.25, 0.3) is 0 Å². The van der Waals surface area contributed by atoms with Crippen LogP contribution in [0.1, 0.15) is 27.2 Å². The number of nitrogens with one attached hydrogen (secondary N) is 1. The second-order valence-corrected chi connectivity index (χ2v) is 3.65. The number of hydrogen-bond acceptors (Lipinski definition) is 4. The molecule has 5 nitrogen and oxygen atoms in total. The van der Waals surface area contributed by atoms with Crippen molar-refractivity contribution in [1.29, 1.82) is 0 Å². The van der Waals surface area contributed by atoms with E-state index in [2.05, 4.69) is 5.32 Å². The fourth-order valence-electron chi connectivity index (χ4n) is 1.47. The Bertz CT molecular complexity index is 419. The van der Waals surface area contributed by atoms with Crippen molar-refractivity contribution in [2.24, 2.45) is 0 Å². The first-order valence-electron chi connectivity index (χ1n) is 6.11. The molecule has 0 bridgehead atoms. The number of carbonyl (C=O) groups is 1. The van der Waals surface area contributed by atoms with Gasteiger partial charge in [-0.05, 0) is 13.8 Å². The molecule has 0 saturated heterocycles. The minimum Gasteiger partial charge on any atom is -0.492 e. The summed E-state index contributed by atoms with van der Waals surface area (Å²) in [6.45, 7) is 6.55. The van der Waals surface area contributed by atoms with E-state index in [1.807, 2.05) is 13.8 Å². The van der Waals surface area contributed by atoms with E-state index in [-0.39, 0.29) is 5.91 Å². The molecule has 1 rings (SSSR count). The molecule has 3 N–H and O–H groups in total. The molecule has 0 atom stereocenters. The minimum absolute atomic E-state index is 0.0804. The molecule has 0 saturated carbocycles. The predicted molar refractivity (Wildman–Crippen MR) is 72.1 cm³/mol. The molecule has 0 aliphatic carbocycles. The summed E-state index contributed by atoms with van der Waals surface area (Å²) in [6, 6.07) is 3.36. The molecular formula is C13H20N2O3. The third-order valence-corrected chi connectivity index (χ3v) is 2.31. The van der Waals surface area contributed by atoms with Crippen molar-refractivity contribution in [2.45, 2.75) is 27.2 Å². The van der Waals surface area contributed by atoms with Gasteiger partial charge in [-0.2, -0.15) is 0 Å². The van der Waals surface area contributed by atoms with Crippen LogP contribution in [0, 0.1) is 0 Å². The minimum atomic E-state index is -0.0804. The van der Waals surface area contributed by atoms with E-state index in [0.717, 1.165) is 0 Å². The summed E-state index contributed by atoms with van der Waals surface area (Å²) < 4.78 is 10.8. The lowest BCUT2D eigenvalue weighted by Gasteiger charge is -2.15. The van der Waals surface area contributed by atoms with Crippen LogP contribution >= 0.6 is 0 Å². The Kier molecular flexibility index (Phi) is 5.30. The molecule has 0 aromatic heterocycles. The third-order valence-electron chi connectivity index (χ3n) is 2.31. The Morgan fingerprint density at radius 3 is 2.33 bits per heavy atom. The molecular weight excluding hydrogens is 232 g/mol. The van der Waals surface area contributed by atoms with E-state index >= 15 is 0 Å². The second kappa shape index (κ2) is 6.74. The fraction of sp³-hybridized carbons (Fsp3) is 0.462. The fourth-order valence-corrected chi connectivity index (χ4v) is 1.47. The average molecular weight is 252 g/mol. The Morgan fingerprint density at radius 2 is 1.78 bits per heavy atom. The maximum absolute atomic E-state index is 11.5. The van der Waals surface area contributed by atoms with Crippen molar-refractivity contribution < 1.29 is 14.3 Å². The molecule has 0 heterocycles. The number of nitrogens with two attached hydrogens (primary N) is 1. The Balaban J connectivity index is 3.08. The van der Waals surface area contributed by atoms with Crippen LogP contribution in [-0.4, -0.2) is 19.1 Å². The first-order valence-corrected chi connectivity index (χ1v) is 6.11. The maximum atomic E-state index is 11.5. The number of hydrogen-bond donors (Lipinski definition) is 2. The molecule has 0 unspecified atom stereocenters. The number of rotatable bonds is 6. The second-order valence-electron chi connectivity index (χ2n) is 3.65. The standard InChI is InChI=1S/C13H20N2O3/c1-4-13(16)15-10-8-11(17-5-2)9(14)7-12(10)18-6-3/h7-8H,4-6,14H2,1-3H3,(H,15,16). The van der Waals surface area contributed by atoms with Crippen LogP contribution in [0.2, 0.25) is 0 Å². The van der Waals surface area contributed by atoms with Gasteiger partial charge in [0, 0.05) is 18.6 Å². The van der Waals surface area contributed by atoms with Gasteiger partial charge in [0.2, 0.25) is 5.91 Å². The smallest absolute Gasteiger partial charge is 0.224 e. The first kappa shape index (κ1) is 14.2. The molecule has 0 fully saturated rings. The van der Waals surface area contributed by atoms with E-state index in [9.17, 15) is 4.79 Å². The van der Waals surface area contributed by atoms with Crippen LogP contribution < -0.4 is 20.5 Å². The molecule has 0 radical (unpaired) electrons. The summed E-state index contributed by atoms with van der Waals surface area (Å²) in [7, 11) is 0. The molecule has 5 heteroatoms. The molecule has 0 spiro atoms. The van der Waals surface area contributed by atoms with Gasteiger partial charge in [0.15, 0.2) is 0 Å². The average Bonchev–Trinajstić information content (AvgIpc) is 2.35. The van der Waals surface area contributed by atoms with Gasteiger partial charge in [-0.1, -0.05) is 6.92 Å². The van der Waals surface area contributed by atoms with Crippen molar-refractivity contribution in [1.82, 2.24) is 0 Å². The highest BCUT2D eigenvalue weighted by Crippen LogP contribution is 2.35. The van der Waals surface area contributed by atoms with E-state index in [0.29, 0.717) is 42.5 Å². The highest BCUT2D eigenvalue weighted by molar-refractivity contribution is 5.93. The highest BCUT2D eigenvalue weighted by atomic mass is 16.5. The lowest BCUT2D eigenvalue weighted by Crippen LogP contribution is -2.11. The van der Waals surface area contributed by atoms with E-state index < -0.39 is 0 Å². The zero-order valence-corrected chi connectivity index (χ0v) is 11.1. The first-order chi connectivity index (χ1) is 8.62. The summed E-state index contributed by atoms with van der Waals surface area (Å²) in [5.41, 5.74) is 6.93. The highest BCUT2D eigenvalue weighted by Gasteiger charge is 2.11. The summed E-state index contributed by atoms with van der Waals surface area (Å²) in [5.74, 6) is 1.02. The Hall–Kier alpha value is -1.91. The number of benzene rings is 1. The van der Waals surface area contributed by atoms with Crippen LogP contribution in [0.5, 0.6) is 11.5 Å². The monoisotopic (exact) mass is 252 g/mol. The van der Waals surface area contributed by atoms with Gasteiger partial charge in [0.05, 0.1) is 24.6 Å². The van der Waals surface area contributed by atoms with Gasteiger partial charge in [0.25, 0.3) is 0 Å². The van der Waals surface area contributed by atoms with Gasteiger partial charge in [-0.3, -0.25) is 4.79 Å². The lowest BCUT2D eigenvalue weighted by atomic mass is 10.2. The Labute approximate surface area is 107 Å². The molecule has 1 aromatic carbocycles. The van der Waals surface area contributed by atoms with Crippen LogP contribution in [0.4, 0.5) is 11.4 Å². The number of anilines is 2. The summed E-state index contributed by atoms with van der Waals surface area (Å²) in [6.07, 6.45) is 0.403. The molecule has 0 aliphatic heterocycles. The summed E-state index contributed by atoms with van der Waals surface area (Å²) >= 11 is 0. The van der Waals surface area contributed by atoms with Crippen LogP contribution in [0.15, 0.2) is 12.1 Å². The number of carbonyl (C=O) groups excluding carboxylic acids is 1. The largest absolute Gasteiger partial charge is 0.492 e. The number of amides is 1. The SMILES string of the molecule is CCOc1cc(NC(=O)CC)c(OCC)cc1N. The van der Waals surface area contributed by atoms with E-state index in [4.69, 9.17) is 15.2 Å². The zero-order chi connectivity index (χ0) is 13.5. The van der Waals surface area contributed by atoms with Gasteiger partial charge in [0.1, 0.15) is 11.5 Å². The molecule has 100 valence electrons. The van der Waals surface area contributed by atoms with Crippen molar-refractivity contribution in [3.05, 3.63) is 12.1 Å². The van der Waals surface area contributed by atoms with E-state index in [1.54, 1.807) is 19.1 Å². The van der Waals surface area contributed by atoms with Gasteiger partial charge in [-0.15, -0.1) is 0 Å². The number of nitrogen functional groups attached to an aromatic ring is 1. The summed E-state index contributed by atoms with van der Waals surface area (Å²) in [4.78, 5) is 11.5. The molecule has 1 aromatic rings. The number of ether oxygens (including phenoxy) is 2. The Morgan fingerprint density at radius 1 is 1.17 bits per heavy atom. The van der Waals surface area contributed by atoms with Crippen LogP contribution in [0.3, 0.4) is 0 Å².